The second-order valence-electron chi connectivity index (χ2n) is 3.15. The predicted molar refractivity (Wildman–Crippen MR) is 56.7 cm³/mol. The highest BCUT2D eigenvalue weighted by atomic mass is 32.2. The molecule has 1 N–H and O–H groups in total. The van der Waals surface area contributed by atoms with Gasteiger partial charge >= 0.3 is 5.97 Å². The normalized spacial score (nSPS) is 12.7. The molecule has 0 fully saturated rings. The molecule has 0 aliphatic carbocycles. The SMILES string of the molecule is CCCc1noc(CSC(C)C(=O)O)n1. The van der Waals surface area contributed by atoms with Crippen LogP contribution in [0.5, 0.6) is 0 Å². The van der Waals surface area contributed by atoms with Gasteiger partial charge < -0.3 is 9.63 Å². The highest BCUT2D eigenvalue weighted by molar-refractivity contribution is 7.99. The van der Waals surface area contributed by atoms with E-state index in [1.165, 1.54) is 11.8 Å². The van der Waals surface area contributed by atoms with Crippen LogP contribution in [0.1, 0.15) is 32.0 Å². The minimum atomic E-state index is -0.826. The largest absolute Gasteiger partial charge is 0.480 e. The van der Waals surface area contributed by atoms with E-state index in [4.69, 9.17) is 9.63 Å². The molecule has 0 radical (unpaired) electrons. The van der Waals surface area contributed by atoms with E-state index in [0.717, 1.165) is 12.8 Å². The molecular weight excluding hydrogens is 216 g/mol. The zero-order valence-corrected chi connectivity index (χ0v) is 9.58. The van der Waals surface area contributed by atoms with Gasteiger partial charge in [-0.15, -0.1) is 11.8 Å². The van der Waals surface area contributed by atoms with Gasteiger partial charge in [0.1, 0.15) is 0 Å². The molecule has 1 aromatic rings. The molecule has 15 heavy (non-hydrogen) atoms. The van der Waals surface area contributed by atoms with Gasteiger partial charge in [0.2, 0.25) is 5.89 Å². The van der Waals surface area contributed by atoms with Crippen LogP contribution in [0.15, 0.2) is 4.52 Å². The second kappa shape index (κ2) is 5.75. The van der Waals surface area contributed by atoms with Gasteiger partial charge in [0, 0.05) is 6.42 Å². The van der Waals surface area contributed by atoms with Gasteiger partial charge in [-0.2, -0.15) is 4.98 Å². The van der Waals surface area contributed by atoms with Crippen LogP contribution in [0.3, 0.4) is 0 Å². The Labute approximate surface area is 92.2 Å². The zero-order chi connectivity index (χ0) is 11.3. The van der Waals surface area contributed by atoms with Gasteiger partial charge in [-0.3, -0.25) is 4.79 Å². The van der Waals surface area contributed by atoms with Crippen LogP contribution in [0.25, 0.3) is 0 Å². The Morgan fingerprint density at radius 2 is 2.40 bits per heavy atom. The fourth-order valence-electron chi connectivity index (χ4n) is 0.941. The number of aromatic nitrogens is 2. The van der Waals surface area contributed by atoms with Gasteiger partial charge in [-0.05, 0) is 13.3 Å². The summed E-state index contributed by atoms with van der Waals surface area (Å²) in [6.07, 6.45) is 1.76. The third-order valence-electron chi connectivity index (χ3n) is 1.79. The molecule has 1 atom stereocenters. The number of carbonyl (C=O) groups is 1. The summed E-state index contributed by atoms with van der Waals surface area (Å²) >= 11 is 1.27. The van der Waals surface area contributed by atoms with Gasteiger partial charge in [0.15, 0.2) is 5.82 Å². The maximum atomic E-state index is 10.5. The average molecular weight is 230 g/mol. The lowest BCUT2D eigenvalue weighted by molar-refractivity contribution is -0.136. The quantitative estimate of drug-likeness (QED) is 0.802. The molecule has 1 aromatic heterocycles. The van der Waals surface area contributed by atoms with E-state index in [-0.39, 0.29) is 0 Å². The lowest BCUT2D eigenvalue weighted by Crippen LogP contribution is -2.11. The lowest BCUT2D eigenvalue weighted by atomic mass is 10.3. The topological polar surface area (TPSA) is 76.2 Å². The lowest BCUT2D eigenvalue weighted by Gasteiger charge is -2.01. The van der Waals surface area contributed by atoms with E-state index in [9.17, 15) is 4.79 Å². The van der Waals surface area contributed by atoms with Crippen LogP contribution >= 0.6 is 11.8 Å². The van der Waals surface area contributed by atoms with Gasteiger partial charge in [-0.1, -0.05) is 12.1 Å². The molecule has 1 heterocycles. The van der Waals surface area contributed by atoms with Crippen molar-refractivity contribution in [3.8, 4) is 0 Å². The number of rotatable bonds is 6. The van der Waals surface area contributed by atoms with Crippen LogP contribution < -0.4 is 0 Å². The standard InChI is InChI=1S/C9H14N2O3S/c1-3-4-7-10-8(14-11-7)5-15-6(2)9(12)13/h6H,3-5H2,1-2H3,(H,12,13). The van der Waals surface area contributed by atoms with Crippen molar-refractivity contribution < 1.29 is 14.4 Å². The highest BCUT2D eigenvalue weighted by Gasteiger charge is 2.13. The van der Waals surface area contributed by atoms with Crippen LogP contribution in [-0.4, -0.2) is 26.5 Å². The summed E-state index contributed by atoms with van der Waals surface area (Å²) < 4.78 is 4.97. The van der Waals surface area contributed by atoms with E-state index >= 15 is 0 Å². The highest BCUT2D eigenvalue weighted by Crippen LogP contribution is 2.16. The molecule has 0 aromatic carbocycles. The number of nitrogens with zero attached hydrogens (tertiary/aromatic N) is 2. The maximum Gasteiger partial charge on any atom is 0.316 e. The Balaban J connectivity index is 2.40. The molecule has 0 aliphatic rings. The zero-order valence-electron chi connectivity index (χ0n) is 8.77. The van der Waals surface area contributed by atoms with Crippen molar-refractivity contribution in [3.05, 3.63) is 11.7 Å². The fourth-order valence-corrected chi connectivity index (χ4v) is 1.59. The molecule has 84 valence electrons. The second-order valence-corrected chi connectivity index (χ2v) is 4.47. The number of aliphatic carboxylic acids is 1. The number of hydrogen-bond donors (Lipinski definition) is 1. The van der Waals surface area contributed by atoms with Crippen LogP contribution in [-0.2, 0) is 17.0 Å². The Hall–Kier alpha value is -1.04. The first-order valence-corrected chi connectivity index (χ1v) is 5.84. The summed E-state index contributed by atoms with van der Waals surface area (Å²) in [5, 5.41) is 12.0. The summed E-state index contributed by atoms with van der Waals surface area (Å²) in [6.45, 7) is 3.67. The monoisotopic (exact) mass is 230 g/mol. The molecule has 0 aliphatic heterocycles. The van der Waals surface area contributed by atoms with Gasteiger partial charge in [-0.25, -0.2) is 0 Å². The molecule has 1 unspecified atom stereocenters. The van der Waals surface area contributed by atoms with Crippen molar-refractivity contribution in [2.75, 3.05) is 0 Å². The van der Waals surface area contributed by atoms with Gasteiger partial charge in [0.05, 0.1) is 11.0 Å². The molecule has 0 amide bonds. The average Bonchev–Trinajstić information content (AvgIpc) is 2.62. The molecule has 0 bridgehead atoms. The number of carboxylic acid groups (broad SMARTS) is 1. The van der Waals surface area contributed by atoms with E-state index in [1.54, 1.807) is 6.92 Å². The van der Waals surface area contributed by atoms with Crippen molar-refractivity contribution >= 4 is 17.7 Å². The molecule has 5 nitrogen and oxygen atoms in total. The Kier molecular flexibility index (Phi) is 4.61. The smallest absolute Gasteiger partial charge is 0.316 e. The minimum absolute atomic E-state index is 0.449. The van der Waals surface area contributed by atoms with Crippen molar-refractivity contribution in [2.24, 2.45) is 0 Å². The first kappa shape index (κ1) is 12.0. The van der Waals surface area contributed by atoms with Gasteiger partial charge in [0.25, 0.3) is 0 Å². The van der Waals surface area contributed by atoms with E-state index in [0.29, 0.717) is 17.5 Å². The number of carboxylic acids is 1. The maximum absolute atomic E-state index is 10.5. The summed E-state index contributed by atoms with van der Waals surface area (Å²) in [4.78, 5) is 14.7. The Morgan fingerprint density at radius 3 is 3.00 bits per heavy atom. The Bertz CT molecular complexity index is 327. The predicted octanol–water partition coefficient (Wildman–Crippen LogP) is 1.73. The minimum Gasteiger partial charge on any atom is -0.480 e. The van der Waals surface area contributed by atoms with Crippen LogP contribution in [0.2, 0.25) is 0 Å². The van der Waals surface area contributed by atoms with Crippen LogP contribution in [0.4, 0.5) is 0 Å². The van der Waals surface area contributed by atoms with Crippen molar-refractivity contribution in [1.82, 2.24) is 10.1 Å². The van der Waals surface area contributed by atoms with E-state index < -0.39 is 11.2 Å². The molecule has 0 saturated heterocycles. The van der Waals surface area contributed by atoms with E-state index in [1.807, 2.05) is 6.92 Å². The summed E-state index contributed by atoms with van der Waals surface area (Å²) in [5.41, 5.74) is 0. The molecule has 0 saturated carbocycles. The number of thioether (sulfide) groups is 1. The molecule has 1 rings (SSSR count). The molecule has 0 spiro atoms. The molecule has 6 heteroatoms. The summed E-state index contributed by atoms with van der Waals surface area (Å²) in [7, 11) is 0. The molecular formula is C9H14N2O3S. The fraction of sp³-hybridized carbons (Fsp3) is 0.667. The number of hydrogen-bond acceptors (Lipinski definition) is 5. The Morgan fingerprint density at radius 1 is 1.67 bits per heavy atom. The first-order chi connectivity index (χ1) is 7.13. The van der Waals surface area contributed by atoms with Crippen LogP contribution in [0, 0.1) is 0 Å². The summed E-state index contributed by atoms with van der Waals surface area (Å²) in [6, 6.07) is 0. The number of aryl methyl sites for hydroxylation is 1. The van der Waals surface area contributed by atoms with Crippen molar-refractivity contribution in [1.29, 1.82) is 0 Å². The first-order valence-electron chi connectivity index (χ1n) is 4.79. The van der Waals surface area contributed by atoms with Crippen molar-refractivity contribution in [3.63, 3.8) is 0 Å². The third-order valence-corrected chi connectivity index (χ3v) is 2.90. The summed E-state index contributed by atoms with van der Waals surface area (Å²) in [5.74, 6) is 0.811. The van der Waals surface area contributed by atoms with E-state index in [2.05, 4.69) is 10.1 Å². The van der Waals surface area contributed by atoms with Crippen molar-refractivity contribution in [2.45, 2.75) is 37.7 Å². The third kappa shape index (κ3) is 3.91.